The number of aromatic nitrogens is 4. The number of hydrogen-bond acceptors (Lipinski definition) is 13. The monoisotopic (exact) mass is 557 g/mol. The Morgan fingerprint density at radius 3 is 2.75 bits per heavy atom. The summed E-state index contributed by atoms with van der Waals surface area (Å²) in [7, 11) is 2.79. The summed E-state index contributed by atoms with van der Waals surface area (Å²) in [4.78, 5) is 16.9. The van der Waals surface area contributed by atoms with E-state index in [0.29, 0.717) is 5.52 Å². The van der Waals surface area contributed by atoms with Gasteiger partial charge in [-0.3, -0.25) is 0 Å². The fourth-order valence-electron chi connectivity index (χ4n) is 5.11. The van der Waals surface area contributed by atoms with Crippen LogP contribution in [0.25, 0.3) is 5.52 Å². The summed E-state index contributed by atoms with van der Waals surface area (Å²) >= 11 is 0. The highest BCUT2D eigenvalue weighted by Gasteiger charge is 2.58. The topological polar surface area (TPSA) is 208 Å². The first-order valence-corrected chi connectivity index (χ1v) is 12.3. The number of hydrogen-bond donors (Lipinski definition) is 4. The van der Waals surface area contributed by atoms with E-state index in [-0.39, 0.29) is 30.3 Å². The molecule has 0 amide bonds. The second-order valence-electron chi connectivity index (χ2n) is 9.45. The van der Waals surface area contributed by atoms with Gasteiger partial charge in [0.25, 0.3) is 6.23 Å². The van der Waals surface area contributed by atoms with Crippen molar-refractivity contribution < 1.29 is 48.4 Å². The van der Waals surface area contributed by atoms with Crippen LogP contribution in [0.3, 0.4) is 0 Å². The Morgan fingerprint density at radius 1 is 1.23 bits per heavy atom. The number of aliphatic hydroxyl groups excluding tert-OH is 3. The third kappa shape index (κ3) is 4.55. The Hall–Kier alpha value is -3.75. The van der Waals surface area contributed by atoms with Crippen molar-refractivity contribution in [2.24, 2.45) is 0 Å². The van der Waals surface area contributed by atoms with Gasteiger partial charge in [0.15, 0.2) is 24.3 Å². The lowest BCUT2D eigenvalue weighted by atomic mass is 9.92. The second-order valence-corrected chi connectivity index (χ2v) is 9.45. The Bertz CT molecular complexity index is 1430. The van der Waals surface area contributed by atoms with Gasteiger partial charge in [0, 0.05) is 20.3 Å². The van der Waals surface area contributed by atoms with Crippen molar-refractivity contribution in [3.63, 3.8) is 0 Å². The zero-order valence-corrected chi connectivity index (χ0v) is 21.6. The minimum absolute atomic E-state index is 0.0779. The molecule has 0 saturated carbocycles. The first-order valence-electron chi connectivity index (χ1n) is 12.3. The number of nitrogen functional groups attached to an aromatic ring is 1. The van der Waals surface area contributed by atoms with Crippen molar-refractivity contribution in [3.05, 3.63) is 54.2 Å². The zero-order chi connectivity index (χ0) is 28.6. The number of nitrogens with zero attached hydrogens (tertiary/aromatic N) is 5. The number of esters is 1. The van der Waals surface area contributed by atoms with Crippen LogP contribution in [0.15, 0.2) is 43.0 Å². The molecule has 40 heavy (non-hydrogen) atoms. The van der Waals surface area contributed by atoms with E-state index in [9.17, 15) is 25.4 Å². The fraction of sp³-hybridized carbons (Fsp3) is 0.480. The fourth-order valence-corrected chi connectivity index (χ4v) is 5.11. The summed E-state index contributed by atoms with van der Waals surface area (Å²) in [6.45, 7) is -0.279. The molecule has 2 aliphatic rings. The van der Waals surface area contributed by atoms with Crippen LogP contribution in [0, 0.1) is 11.3 Å². The number of nitrogens with two attached hydrogens (primary N) is 1. The molecule has 8 atom stereocenters. The first-order chi connectivity index (χ1) is 19.2. The summed E-state index contributed by atoms with van der Waals surface area (Å²) in [6, 6.07) is 8.23. The van der Waals surface area contributed by atoms with E-state index in [0.717, 1.165) is 0 Å². The molecular formula is C25H29N6O9+. The minimum atomic E-state index is -1.91. The molecule has 5 rings (SSSR count). The van der Waals surface area contributed by atoms with Crippen molar-refractivity contribution in [1.29, 1.82) is 5.26 Å². The van der Waals surface area contributed by atoms with Gasteiger partial charge < -0.3 is 44.7 Å². The van der Waals surface area contributed by atoms with Gasteiger partial charge in [-0.25, -0.2) is 14.3 Å². The van der Waals surface area contributed by atoms with Crippen molar-refractivity contribution >= 4 is 17.3 Å². The highest BCUT2D eigenvalue weighted by Crippen LogP contribution is 2.41. The maximum atomic E-state index is 13.0. The lowest BCUT2D eigenvalue weighted by Gasteiger charge is -2.24. The zero-order valence-electron chi connectivity index (χ0n) is 21.6. The lowest BCUT2D eigenvalue weighted by Crippen LogP contribution is -2.46. The molecule has 15 heteroatoms. The molecule has 0 spiro atoms. The minimum Gasteiger partial charge on any atom is -0.459 e. The molecule has 0 aromatic carbocycles. The Balaban J connectivity index is 1.33. The third-order valence-corrected chi connectivity index (χ3v) is 7.13. The number of ether oxygens (including phenoxy) is 5. The summed E-state index contributed by atoms with van der Waals surface area (Å²) in [5.74, 6) is -0.568. The van der Waals surface area contributed by atoms with Crippen molar-refractivity contribution in [2.45, 2.75) is 48.5 Å². The van der Waals surface area contributed by atoms with Crippen LogP contribution < -0.4 is 10.3 Å². The van der Waals surface area contributed by atoms with Gasteiger partial charge in [-0.1, -0.05) is 0 Å². The molecular weight excluding hydrogens is 528 g/mol. The average molecular weight is 558 g/mol. The smallest absolute Gasteiger partial charge is 0.344 e. The highest BCUT2D eigenvalue weighted by molar-refractivity contribution is 5.88. The molecule has 5 N–H and O–H groups in total. The number of nitriles is 1. The lowest BCUT2D eigenvalue weighted by molar-refractivity contribution is -0.765. The largest absolute Gasteiger partial charge is 0.459 e. The van der Waals surface area contributed by atoms with Crippen LogP contribution in [-0.4, -0.2) is 99.9 Å². The Kier molecular flexibility index (Phi) is 7.66. The predicted octanol–water partition coefficient (Wildman–Crippen LogP) is -1.78. The molecule has 3 aromatic heterocycles. The van der Waals surface area contributed by atoms with Crippen LogP contribution in [0.2, 0.25) is 0 Å². The van der Waals surface area contributed by atoms with E-state index in [2.05, 4.69) is 10.1 Å². The van der Waals surface area contributed by atoms with E-state index < -0.39 is 54.4 Å². The number of rotatable bonds is 8. The third-order valence-electron chi connectivity index (χ3n) is 7.13. The molecule has 0 bridgehead atoms. The number of aliphatic hydroxyl groups is 3. The number of methoxy groups -OCH3 is 2. The molecule has 3 aromatic rings. The van der Waals surface area contributed by atoms with Crippen LogP contribution in [-0.2, 0) is 29.3 Å². The van der Waals surface area contributed by atoms with Gasteiger partial charge in [0.2, 0.25) is 5.60 Å². The van der Waals surface area contributed by atoms with Gasteiger partial charge in [0.1, 0.15) is 60.6 Å². The van der Waals surface area contributed by atoms with E-state index in [1.165, 1.54) is 41.9 Å². The maximum Gasteiger partial charge on any atom is 0.344 e. The molecule has 2 aliphatic heterocycles. The van der Waals surface area contributed by atoms with Crippen molar-refractivity contribution in [2.75, 3.05) is 33.2 Å². The molecule has 2 fully saturated rings. The normalized spacial score (nSPS) is 31.9. The number of pyridine rings is 1. The summed E-state index contributed by atoms with van der Waals surface area (Å²) in [5, 5.41) is 46.1. The average Bonchev–Trinajstić information content (AvgIpc) is 3.61. The number of carbonyl (C=O) groups is 1. The number of carbonyl (C=O) groups excluding carboxylic acids is 1. The predicted molar refractivity (Wildman–Crippen MR) is 131 cm³/mol. The van der Waals surface area contributed by atoms with Gasteiger partial charge in [0.05, 0.1) is 12.3 Å². The van der Waals surface area contributed by atoms with Gasteiger partial charge >= 0.3 is 5.97 Å². The second kappa shape index (κ2) is 11.0. The quantitative estimate of drug-likeness (QED) is 0.179. The van der Waals surface area contributed by atoms with E-state index in [4.69, 9.17) is 29.4 Å². The number of fused-ring (bicyclic) bond motifs is 1. The van der Waals surface area contributed by atoms with Crippen molar-refractivity contribution in [3.8, 4) is 6.07 Å². The van der Waals surface area contributed by atoms with Gasteiger partial charge in [-0.05, 0) is 18.2 Å². The van der Waals surface area contributed by atoms with E-state index >= 15 is 0 Å². The standard InChI is InChI=1S/C25H29N6O9/c1-36-9-15-18(32)19(33)23(39-15)30-7-3-4-13(8-30)24(35)38-10-16-20(37-2)21(34)25(11-26,40-16)17-6-5-14-22(27)28-12-29-31(14)17/h3-8,12,15-16,18-21,23,32-34H,9-10H2,1-2H3,(H2,27,28,29)/q+1/t15-,16-,18-,19-,20-,21-,23-,25+/m1/s1. The van der Waals surface area contributed by atoms with E-state index in [1.807, 2.05) is 6.07 Å². The van der Waals surface area contributed by atoms with Crippen LogP contribution in [0.4, 0.5) is 5.82 Å². The molecule has 15 nitrogen and oxygen atoms in total. The molecule has 5 heterocycles. The van der Waals surface area contributed by atoms with Gasteiger partial charge in [-0.15, -0.1) is 0 Å². The van der Waals surface area contributed by atoms with E-state index in [1.54, 1.807) is 24.4 Å². The first kappa shape index (κ1) is 27.8. The number of anilines is 1. The Morgan fingerprint density at radius 2 is 2.02 bits per heavy atom. The summed E-state index contributed by atoms with van der Waals surface area (Å²) in [6.07, 6.45) is -3.45. The SMILES string of the molecule is COC[C@H]1O[C@@H]([n+]2cccc(C(=O)OC[C@H]3O[C@@](C#N)(c4ccc5c(N)ncnn45)[C@H](O)[C@@H]3OC)c2)[C@H](O)[C@@H]1O. The van der Waals surface area contributed by atoms with Gasteiger partial charge in [-0.2, -0.15) is 14.9 Å². The highest BCUT2D eigenvalue weighted by atomic mass is 16.6. The maximum absolute atomic E-state index is 13.0. The van der Waals surface area contributed by atoms with Crippen molar-refractivity contribution in [1.82, 2.24) is 14.6 Å². The summed E-state index contributed by atoms with van der Waals surface area (Å²) < 4.78 is 30.5. The van der Waals surface area contributed by atoms with Crippen LogP contribution in [0.5, 0.6) is 0 Å². The molecule has 2 saturated heterocycles. The molecule has 212 valence electrons. The molecule has 0 unspecified atom stereocenters. The van der Waals surface area contributed by atoms with Crippen LogP contribution >= 0.6 is 0 Å². The van der Waals surface area contributed by atoms with Crippen LogP contribution in [0.1, 0.15) is 22.3 Å². The summed E-state index contributed by atoms with van der Waals surface area (Å²) in [5.41, 5.74) is 4.74. The molecule has 0 radical (unpaired) electrons. The Labute approximate surface area is 227 Å². The molecule has 0 aliphatic carbocycles.